The maximum absolute atomic E-state index is 6.35. The normalized spacial score (nSPS) is 12.5. The summed E-state index contributed by atoms with van der Waals surface area (Å²) < 4.78 is 6.35. The second-order valence-corrected chi connectivity index (χ2v) is 10.1. The largest absolute Gasteiger partial charge is 0.493 e. The average Bonchev–Trinajstić information content (AvgIpc) is 2.78. The van der Waals surface area contributed by atoms with Crippen molar-refractivity contribution in [1.29, 1.82) is 0 Å². The van der Waals surface area contributed by atoms with Gasteiger partial charge >= 0.3 is 0 Å². The number of para-hydroxylation sites is 1. The molecule has 1 atom stereocenters. The van der Waals surface area contributed by atoms with E-state index in [0.717, 1.165) is 35.4 Å². The first-order valence-electron chi connectivity index (χ1n) is 11.4. The van der Waals surface area contributed by atoms with E-state index in [-0.39, 0.29) is 0 Å². The van der Waals surface area contributed by atoms with E-state index in [1.807, 2.05) is 0 Å². The highest BCUT2D eigenvalue weighted by atomic mass is 79.9. The molecule has 1 unspecified atom stereocenters. The van der Waals surface area contributed by atoms with Crippen LogP contribution in [-0.2, 0) is 10.7 Å². The molecule has 0 bridgehead atoms. The van der Waals surface area contributed by atoms with Gasteiger partial charge in [0.05, 0.1) is 6.61 Å². The Balaban J connectivity index is 1.83. The molecule has 166 valence electrons. The van der Waals surface area contributed by atoms with E-state index in [1.54, 1.807) is 0 Å². The molecule has 0 aliphatic rings. The second-order valence-electron chi connectivity index (χ2n) is 8.94. The molecule has 0 aromatic heterocycles. The van der Waals surface area contributed by atoms with Gasteiger partial charge in [-0.3, -0.25) is 0 Å². The maximum atomic E-state index is 6.35. The van der Waals surface area contributed by atoms with E-state index in [9.17, 15) is 0 Å². The molecular formula is C28H34Br2O. The van der Waals surface area contributed by atoms with Crippen molar-refractivity contribution in [2.75, 3.05) is 6.61 Å². The first kappa shape index (κ1) is 24.3. The van der Waals surface area contributed by atoms with Gasteiger partial charge in [0, 0.05) is 16.2 Å². The molecule has 31 heavy (non-hydrogen) atoms. The number of rotatable bonds is 11. The van der Waals surface area contributed by atoms with Crippen LogP contribution >= 0.6 is 31.9 Å². The Hall–Kier alpha value is -1.32. The highest BCUT2D eigenvalue weighted by Gasteiger charge is 2.16. The Kier molecular flexibility index (Phi) is 9.47. The van der Waals surface area contributed by atoms with Gasteiger partial charge < -0.3 is 4.74 Å². The molecule has 1 nitrogen and oxygen atoms in total. The van der Waals surface area contributed by atoms with Gasteiger partial charge in [0.25, 0.3) is 0 Å². The predicted molar refractivity (Wildman–Crippen MR) is 143 cm³/mol. The van der Waals surface area contributed by atoms with Crippen molar-refractivity contribution in [2.24, 2.45) is 11.8 Å². The van der Waals surface area contributed by atoms with E-state index in [1.165, 1.54) is 52.3 Å². The summed E-state index contributed by atoms with van der Waals surface area (Å²) >= 11 is 7.45. The number of benzene rings is 3. The van der Waals surface area contributed by atoms with Crippen molar-refractivity contribution in [3.8, 4) is 16.9 Å². The van der Waals surface area contributed by atoms with Crippen LogP contribution in [0.4, 0.5) is 0 Å². The lowest BCUT2D eigenvalue weighted by Gasteiger charge is -2.18. The molecule has 0 amide bonds. The molecule has 3 rings (SSSR count). The van der Waals surface area contributed by atoms with Crippen LogP contribution in [0.5, 0.6) is 5.75 Å². The Labute approximate surface area is 204 Å². The molecule has 3 heteroatoms. The van der Waals surface area contributed by atoms with Crippen LogP contribution < -0.4 is 4.74 Å². The Bertz CT molecular complexity index is 980. The van der Waals surface area contributed by atoms with Crippen LogP contribution in [-0.4, -0.2) is 6.61 Å². The summed E-state index contributed by atoms with van der Waals surface area (Å²) in [6.45, 7) is 7.73. The summed E-state index contributed by atoms with van der Waals surface area (Å²) in [5, 5.41) is 4.26. The fraction of sp³-hybridized carbons (Fsp3) is 0.429. The number of alkyl halides is 2. The van der Waals surface area contributed by atoms with Crippen LogP contribution in [0, 0.1) is 11.8 Å². The van der Waals surface area contributed by atoms with Crippen LogP contribution in [0.25, 0.3) is 21.9 Å². The molecule has 3 aromatic carbocycles. The van der Waals surface area contributed by atoms with E-state index >= 15 is 0 Å². The summed E-state index contributed by atoms with van der Waals surface area (Å²) in [5.74, 6) is 2.48. The molecule has 0 aliphatic carbocycles. The van der Waals surface area contributed by atoms with Crippen molar-refractivity contribution in [3.63, 3.8) is 0 Å². The third kappa shape index (κ3) is 6.35. The van der Waals surface area contributed by atoms with Crippen molar-refractivity contribution in [1.82, 2.24) is 0 Å². The quantitative estimate of drug-likeness (QED) is 0.218. The van der Waals surface area contributed by atoms with Gasteiger partial charge in [-0.25, -0.2) is 0 Å². The van der Waals surface area contributed by atoms with Crippen LogP contribution in [0.3, 0.4) is 0 Å². The number of halogens is 2. The fourth-order valence-electron chi connectivity index (χ4n) is 4.21. The van der Waals surface area contributed by atoms with Gasteiger partial charge in [0.2, 0.25) is 0 Å². The van der Waals surface area contributed by atoms with Gasteiger partial charge in [0.15, 0.2) is 0 Å². The third-order valence-corrected chi connectivity index (χ3v) is 7.21. The van der Waals surface area contributed by atoms with E-state index in [0.29, 0.717) is 5.92 Å². The van der Waals surface area contributed by atoms with Crippen molar-refractivity contribution in [3.05, 3.63) is 65.7 Å². The summed E-state index contributed by atoms with van der Waals surface area (Å²) in [6, 6.07) is 19.5. The Morgan fingerprint density at radius 1 is 0.774 bits per heavy atom. The van der Waals surface area contributed by atoms with E-state index in [2.05, 4.69) is 107 Å². The Morgan fingerprint density at radius 2 is 1.48 bits per heavy atom. The van der Waals surface area contributed by atoms with E-state index in [4.69, 9.17) is 4.74 Å². The van der Waals surface area contributed by atoms with Crippen LogP contribution in [0.15, 0.2) is 54.6 Å². The molecule has 0 spiro atoms. The Morgan fingerprint density at radius 3 is 2.19 bits per heavy atom. The monoisotopic (exact) mass is 544 g/mol. The zero-order valence-corrected chi connectivity index (χ0v) is 22.1. The molecular weight excluding hydrogens is 512 g/mol. The summed E-state index contributed by atoms with van der Waals surface area (Å²) in [7, 11) is 0. The van der Waals surface area contributed by atoms with Gasteiger partial charge in [-0.15, -0.1) is 0 Å². The van der Waals surface area contributed by atoms with Gasteiger partial charge in [-0.2, -0.15) is 0 Å². The summed E-state index contributed by atoms with van der Waals surface area (Å²) in [5.41, 5.74) is 5.06. The first-order valence-corrected chi connectivity index (χ1v) is 13.7. The summed E-state index contributed by atoms with van der Waals surface area (Å²) in [4.78, 5) is 0. The molecule has 0 fully saturated rings. The number of fused-ring (bicyclic) bond motifs is 1. The smallest absolute Gasteiger partial charge is 0.127 e. The van der Waals surface area contributed by atoms with Crippen LogP contribution in [0.1, 0.15) is 57.6 Å². The van der Waals surface area contributed by atoms with Crippen molar-refractivity contribution >= 4 is 42.6 Å². The second kappa shape index (κ2) is 12.1. The topological polar surface area (TPSA) is 9.23 Å². The predicted octanol–water partition coefficient (Wildman–Crippen LogP) is 9.53. The SMILES string of the molecule is CC(C)CCCC(C)CCOc1ccccc1-c1cc(CBr)c2ccccc2c1CBr. The standard InChI is InChI=1S/C28H34Br2O/c1-20(2)9-8-10-21(3)15-16-31-28-14-7-6-13-25(28)26-17-22(18-29)23-11-4-5-12-24(23)27(26)19-30/h4-7,11-14,17,20-21H,8-10,15-16,18-19H2,1-3H3. The first-order chi connectivity index (χ1) is 15.0. The average molecular weight is 546 g/mol. The molecule has 3 aromatic rings. The van der Waals surface area contributed by atoms with Gasteiger partial charge in [-0.1, -0.05) is 114 Å². The number of hydrogen-bond acceptors (Lipinski definition) is 1. The minimum absolute atomic E-state index is 0.699. The van der Waals surface area contributed by atoms with E-state index < -0.39 is 0 Å². The lowest BCUT2D eigenvalue weighted by atomic mass is 9.91. The molecule has 0 N–H and O–H groups in total. The lowest BCUT2D eigenvalue weighted by Crippen LogP contribution is -2.06. The highest BCUT2D eigenvalue weighted by molar-refractivity contribution is 9.08. The lowest BCUT2D eigenvalue weighted by molar-refractivity contribution is 0.276. The summed E-state index contributed by atoms with van der Waals surface area (Å²) in [6.07, 6.45) is 5.02. The molecule has 0 radical (unpaired) electrons. The molecule has 0 aliphatic heterocycles. The number of ether oxygens (including phenoxy) is 1. The molecule has 0 saturated heterocycles. The van der Waals surface area contributed by atoms with Crippen molar-refractivity contribution in [2.45, 2.75) is 57.1 Å². The van der Waals surface area contributed by atoms with Gasteiger partial charge in [-0.05, 0) is 57.9 Å². The minimum atomic E-state index is 0.699. The fourth-order valence-corrected chi connectivity index (χ4v) is 5.28. The third-order valence-electron chi connectivity index (χ3n) is 6.04. The zero-order chi connectivity index (χ0) is 22.2. The zero-order valence-electron chi connectivity index (χ0n) is 19.0. The molecule has 0 saturated carbocycles. The van der Waals surface area contributed by atoms with Gasteiger partial charge in [0.1, 0.15) is 5.75 Å². The maximum Gasteiger partial charge on any atom is 0.127 e. The highest BCUT2D eigenvalue weighted by Crippen LogP contribution is 2.39. The van der Waals surface area contributed by atoms with Crippen LogP contribution in [0.2, 0.25) is 0 Å². The molecule has 0 heterocycles. The number of hydrogen-bond donors (Lipinski definition) is 0. The van der Waals surface area contributed by atoms with Crippen molar-refractivity contribution < 1.29 is 4.74 Å². The minimum Gasteiger partial charge on any atom is -0.493 e.